The van der Waals surface area contributed by atoms with Crippen LogP contribution in [0.15, 0.2) is 5.38 Å². The molecule has 1 rings (SSSR count). The summed E-state index contributed by atoms with van der Waals surface area (Å²) in [5.74, 6) is 0.513. The van der Waals surface area contributed by atoms with Crippen molar-refractivity contribution in [1.82, 2.24) is 4.98 Å². The first-order valence-corrected chi connectivity index (χ1v) is 5.01. The van der Waals surface area contributed by atoms with E-state index in [1.165, 1.54) is 5.69 Å². The third-order valence-corrected chi connectivity index (χ3v) is 2.86. The number of thiazole rings is 1. The molecule has 1 atom stereocenters. The van der Waals surface area contributed by atoms with Crippen LogP contribution in [0.5, 0.6) is 0 Å². The van der Waals surface area contributed by atoms with Crippen molar-refractivity contribution in [2.24, 2.45) is 0 Å². The van der Waals surface area contributed by atoms with Crippen LogP contribution in [0.3, 0.4) is 0 Å². The van der Waals surface area contributed by atoms with Crippen LogP contribution in [0.2, 0.25) is 0 Å². The molecule has 1 aromatic rings. The van der Waals surface area contributed by atoms with Gasteiger partial charge in [0.2, 0.25) is 0 Å². The van der Waals surface area contributed by atoms with Crippen LogP contribution < -0.4 is 0 Å². The number of nitrogens with zero attached hydrogens (tertiary/aromatic N) is 1. The smallest absolute Gasteiger partial charge is 0.121 e. The quantitative estimate of drug-likeness (QED) is 0.722. The summed E-state index contributed by atoms with van der Waals surface area (Å²) in [5, 5.41) is 3.18. The Bertz CT molecular complexity index is 244. The Kier molecular flexibility index (Phi) is 3.23. The van der Waals surface area contributed by atoms with E-state index in [4.69, 9.17) is 4.74 Å². The van der Waals surface area contributed by atoms with Crippen LogP contribution in [-0.4, -0.2) is 12.1 Å². The summed E-state index contributed by atoms with van der Waals surface area (Å²) in [6.45, 7) is 6.32. The Balaban J connectivity index is 2.77. The van der Waals surface area contributed by atoms with Crippen LogP contribution in [-0.2, 0) is 4.74 Å². The topological polar surface area (TPSA) is 22.1 Å². The van der Waals surface area contributed by atoms with E-state index in [-0.39, 0.29) is 6.10 Å². The highest BCUT2D eigenvalue weighted by Gasteiger charge is 2.10. The predicted octanol–water partition coefficient (Wildman–Crippen LogP) is 2.97. The second kappa shape index (κ2) is 4.01. The third kappa shape index (κ3) is 2.05. The van der Waals surface area contributed by atoms with E-state index in [1.807, 2.05) is 6.92 Å². The largest absolute Gasteiger partial charge is 0.375 e. The highest BCUT2D eigenvalue weighted by atomic mass is 32.1. The van der Waals surface area contributed by atoms with Crippen molar-refractivity contribution in [3.05, 3.63) is 16.1 Å². The van der Waals surface area contributed by atoms with Gasteiger partial charge in [0.05, 0.1) is 5.69 Å². The summed E-state index contributed by atoms with van der Waals surface area (Å²) < 4.78 is 5.18. The molecule has 0 fully saturated rings. The zero-order chi connectivity index (χ0) is 9.14. The standard InChI is InChI=1S/C9H15NOS/c1-6(2)8-5-12-9(10-8)7(3)11-4/h5-7H,1-4H3. The maximum absolute atomic E-state index is 5.18. The fraction of sp³-hybridized carbons (Fsp3) is 0.667. The van der Waals surface area contributed by atoms with E-state index in [0.717, 1.165) is 5.01 Å². The minimum absolute atomic E-state index is 0.127. The van der Waals surface area contributed by atoms with Crippen molar-refractivity contribution >= 4 is 11.3 Å². The second-order valence-electron chi connectivity index (χ2n) is 3.14. The molecule has 0 N–H and O–H groups in total. The summed E-state index contributed by atoms with van der Waals surface area (Å²) in [6.07, 6.45) is 0.127. The Labute approximate surface area is 77.6 Å². The predicted molar refractivity (Wildman–Crippen MR) is 51.6 cm³/mol. The molecule has 0 amide bonds. The van der Waals surface area contributed by atoms with Gasteiger partial charge in [-0.1, -0.05) is 13.8 Å². The molecule has 3 heteroatoms. The van der Waals surface area contributed by atoms with Crippen LogP contribution in [0.4, 0.5) is 0 Å². The SMILES string of the molecule is COC(C)c1nc(C(C)C)cs1. The summed E-state index contributed by atoms with van der Waals surface area (Å²) in [6, 6.07) is 0. The normalized spacial score (nSPS) is 13.8. The van der Waals surface area contributed by atoms with Crippen molar-refractivity contribution in [3.63, 3.8) is 0 Å². The van der Waals surface area contributed by atoms with Crippen molar-refractivity contribution < 1.29 is 4.74 Å². The summed E-state index contributed by atoms with van der Waals surface area (Å²) >= 11 is 1.67. The zero-order valence-corrected chi connectivity index (χ0v) is 8.81. The van der Waals surface area contributed by atoms with Crippen LogP contribution in [0.25, 0.3) is 0 Å². The lowest BCUT2D eigenvalue weighted by Gasteiger charge is -2.04. The van der Waals surface area contributed by atoms with Gasteiger partial charge in [0.15, 0.2) is 0 Å². The average Bonchev–Trinajstić information content (AvgIpc) is 2.51. The molecule has 0 aliphatic rings. The zero-order valence-electron chi connectivity index (χ0n) is 8.00. The van der Waals surface area contributed by atoms with Crippen molar-refractivity contribution in [1.29, 1.82) is 0 Å². The van der Waals surface area contributed by atoms with E-state index >= 15 is 0 Å². The molecular weight excluding hydrogens is 170 g/mol. The number of hydrogen-bond donors (Lipinski definition) is 0. The minimum Gasteiger partial charge on any atom is -0.375 e. The average molecular weight is 185 g/mol. The first kappa shape index (κ1) is 9.68. The molecule has 0 spiro atoms. The summed E-state index contributed by atoms with van der Waals surface area (Å²) in [4.78, 5) is 4.47. The lowest BCUT2D eigenvalue weighted by atomic mass is 10.2. The number of rotatable bonds is 3. The molecule has 0 bridgehead atoms. The van der Waals surface area contributed by atoms with Gasteiger partial charge in [-0.25, -0.2) is 4.98 Å². The van der Waals surface area contributed by atoms with E-state index in [2.05, 4.69) is 24.2 Å². The van der Waals surface area contributed by atoms with Gasteiger partial charge in [-0.3, -0.25) is 0 Å². The van der Waals surface area contributed by atoms with Gasteiger partial charge in [0, 0.05) is 12.5 Å². The third-order valence-electron chi connectivity index (χ3n) is 1.83. The number of aromatic nitrogens is 1. The van der Waals surface area contributed by atoms with Crippen LogP contribution in [0.1, 0.15) is 43.5 Å². The Morgan fingerprint density at radius 1 is 1.42 bits per heavy atom. The molecule has 1 heterocycles. The second-order valence-corrected chi connectivity index (χ2v) is 4.03. The number of methoxy groups -OCH3 is 1. The van der Waals surface area contributed by atoms with E-state index in [0.29, 0.717) is 5.92 Å². The number of ether oxygens (including phenoxy) is 1. The molecular formula is C9H15NOS. The summed E-state index contributed by atoms with van der Waals surface area (Å²) in [5.41, 5.74) is 1.17. The first-order chi connectivity index (χ1) is 5.65. The first-order valence-electron chi connectivity index (χ1n) is 4.13. The molecule has 12 heavy (non-hydrogen) atoms. The monoisotopic (exact) mass is 185 g/mol. The van der Waals surface area contributed by atoms with Gasteiger partial charge in [0.25, 0.3) is 0 Å². The van der Waals surface area contributed by atoms with Crippen LogP contribution >= 0.6 is 11.3 Å². The van der Waals surface area contributed by atoms with Crippen molar-refractivity contribution in [2.75, 3.05) is 7.11 Å². The summed E-state index contributed by atoms with van der Waals surface area (Å²) in [7, 11) is 1.71. The Hall–Kier alpha value is -0.410. The Morgan fingerprint density at radius 3 is 2.50 bits per heavy atom. The molecule has 1 unspecified atom stereocenters. The minimum atomic E-state index is 0.127. The molecule has 0 aromatic carbocycles. The molecule has 0 saturated carbocycles. The lowest BCUT2D eigenvalue weighted by molar-refractivity contribution is 0.119. The molecule has 68 valence electrons. The van der Waals surface area contributed by atoms with Gasteiger partial charge in [0.1, 0.15) is 11.1 Å². The van der Waals surface area contributed by atoms with Crippen molar-refractivity contribution in [3.8, 4) is 0 Å². The van der Waals surface area contributed by atoms with E-state index in [1.54, 1.807) is 18.4 Å². The number of hydrogen-bond acceptors (Lipinski definition) is 3. The fourth-order valence-electron chi connectivity index (χ4n) is 0.853. The molecule has 0 aliphatic heterocycles. The fourth-order valence-corrected chi connectivity index (χ4v) is 1.87. The molecule has 2 nitrogen and oxygen atoms in total. The maximum Gasteiger partial charge on any atom is 0.121 e. The van der Waals surface area contributed by atoms with Crippen molar-refractivity contribution in [2.45, 2.75) is 32.8 Å². The van der Waals surface area contributed by atoms with Gasteiger partial charge < -0.3 is 4.74 Å². The van der Waals surface area contributed by atoms with Gasteiger partial charge in [-0.05, 0) is 12.8 Å². The van der Waals surface area contributed by atoms with Gasteiger partial charge in [-0.2, -0.15) is 0 Å². The molecule has 0 radical (unpaired) electrons. The highest BCUT2D eigenvalue weighted by molar-refractivity contribution is 7.09. The van der Waals surface area contributed by atoms with E-state index < -0.39 is 0 Å². The molecule has 1 aromatic heterocycles. The highest BCUT2D eigenvalue weighted by Crippen LogP contribution is 2.23. The maximum atomic E-state index is 5.18. The van der Waals surface area contributed by atoms with E-state index in [9.17, 15) is 0 Å². The molecule has 0 saturated heterocycles. The molecule has 0 aliphatic carbocycles. The van der Waals surface area contributed by atoms with Crippen LogP contribution in [0, 0.1) is 0 Å². The lowest BCUT2D eigenvalue weighted by Crippen LogP contribution is -1.96. The van der Waals surface area contributed by atoms with Gasteiger partial charge >= 0.3 is 0 Å². The Morgan fingerprint density at radius 2 is 2.08 bits per heavy atom. The van der Waals surface area contributed by atoms with Gasteiger partial charge in [-0.15, -0.1) is 11.3 Å².